The van der Waals surface area contributed by atoms with Crippen LogP contribution in [0.1, 0.15) is 40.0 Å². The summed E-state index contributed by atoms with van der Waals surface area (Å²) >= 11 is 0. The van der Waals surface area contributed by atoms with Crippen LogP contribution in [0.2, 0.25) is 0 Å². The first kappa shape index (κ1) is 16.1. The molecular weight excluding hydrogens is 300 g/mol. The Bertz CT molecular complexity index is 845. The highest BCUT2D eigenvalue weighted by atomic mass is 16.3. The summed E-state index contributed by atoms with van der Waals surface area (Å²) < 4.78 is 7.51. The van der Waals surface area contributed by atoms with Gasteiger partial charge < -0.3 is 14.3 Å². The molecule has 24 heavy (non-hydrogen) atoms. The smallest absolute Gasteiger partial charge is 0.257 e. The minimum atomic E-state index is -0.0814. The van der Waals surface area contributed by atoms with Crippen LogP contribution in [-0.2, 0) is 13.0 Å². The molecule has 4 heteroatoms. The van der Waals surface area contributed by atoms with E-state index < -0.39 is 0 Å². The fraction of sp³-hybridized carbons (Fsp3) is 0.250. The second kappa shape index (κ2) is 6.79. The number of anilines is 1. The number of furan rings is 1. The van der Waals surface area contributed by atoms with Crippen LogP contribution in [0.25, 0.3) is 0 Å². The van der Waals surface area contributed by atoms with E-state index in [1.807, 2.05) is 50.2 Å². The van der Waals surface area contributed by atoms with Crippen molar-refractivity contribution in [2.24, 2.45) is 0 Å². The fourth-order valence-electron chi connectivity index (χ4n) is 2.90. The maximum atomic E-state index is 12.7. The number of rotatable bonds is 5. The quantitative estimate of drug-likeness (QED) is 0.748. The van der Waals surface area contributed by atoms with E-state index in [0.29, 0.717) is 12.1 Å². The lowest BCUT2D eigenvalue weighted by molar-refractivity contribution is 0.102. The lowest BCUT2D eigenvalue weighted by Gasteiger charge is -2.09. The number of hydrogen-bond donors (Lipinski definition) is 1. The van der Waals surface area contributed by atoms with Crippen molar-refractivity contribution in [1.82, 2.24) is 4.57 Å². The molecule has 0 saturated carbocycles. The molecule has 0 spiro atoms. The third-order valence-electron chi connectivity index (χ3n) is 4.31. The van der Waals surface area contributed by atoms with Crippen molar-refractivity contribution in [1.29, 1.82) is 0 Å². The van der Waals surface area contributed by atoms with Crippen molar-refractivity contribution in [3.8, 4) is 0 Å². The molecule has 0 aliphatic rings. The summed E-state index contributed by atoms with van der Waals surface area (Å²) in [4.78, 5) is 12.7. The van der Waals surface area contributed by atoms with E-state index in [1.54, 1.807) is 6.26 Å². The first-order valence-electron chi connectivity index (χ1n) is 8.18. The average molecular weight is 322 g/mol. The van der Waals surface area contributed by atoms with Gasteiger partial charge in [-0.2, -0.15) is 0 Å². The van der Waals surface area contributed by atoms with Crippen LogP contribution in [0.4, 0.5) is 5.69 Å². The Morgan fingerprint density at radius 1 is 1.17 bits per heavy atom. The zero-order chi connectivity index (χ0) is 17.1. The van der Waals surface area contributed by atoms with E-state index in [4.69, 9.17) is 4.42 Å². The standard InChI is InChI=1S/C20H22N2O2/c1-4-16-7-5-8-17(12-16)21-20(23)19-11-14(2)22(15(19)3)13-18-9-6-10-24-18/h5-12H,4,13H2,1-3H3,(H,21,23). The minimum absolute atomic E-state index is 0.0814. The number of carbonyl (C=O) groups is 1. The predicted molar refractivity (Wildman–Crippen MR) is 95.5 cm³/mol. The van der Waals surface area contributed by atoms with Gasteiger partial charge in [0.05, 0.1) is 18.4 Å². The highest BCUT2D eigenvalue weighted by Gasteiger charge is 2.16. The first-order valence-corrected chi connectivity index (χ1v) is 8.18. The molecule has 2 heterocycles. The van der Waals surface area contributed by atoms with E-state index in [9.17, 15) is 4.79 Å². The van der Waals surface area contributed by atoms with Gasteiger partial charge in [-0.15, -0.1) is 0 Å². The lowest BCUT2D eigenvalue weighted by Crippen LogP contribution is -2.13. The molecule has 124 valence electrons. The number of amides is 1. The molecule has 0 atom stereocenters. The summed E-state index contributed by atoms with van der Waals surface area (Å²) in [7, 11) is 0. The Hall–Kier alpha value is -2.75. The molecule has 0 radical (unpaired) electrons. The number of nitrogens with one attached hydrogen (secondary N) is 1. The third kappa shape index (κ3) is 3.27. The second-order valence-corrected chi connectivity index (χ2v) is 5.96. The van der Waals surface area contributed by atoms with Gasteiger partial charge in [0.1, 0.15) is 5.76 Å². The van der Waals surface area contributed by atoms with Crippen LogP contribution in [0, 0.1) is 13.8 Å². The molecule has 3 rings (SSSR count). The van der Waals surface area contributed by atoms with Gasteiger partial charge in [-0.3, -0.25) is 4.79 Å². The third-order valence-corrected chi connectivity index (χ3v) is 4.31. The highest BCUT2D eigenvalue weighted by molar-refractivity contribution is 6.05. The van der Waals surface area contributed by atoms with Gasteiger partial charge in [-0.1, -0.05) is 19.1 Å². The number of carbonyl (C=O) groups excluding carboxylic acids is 1. The molecular formula is C20H22N2O2. The highest BCUT2D eigenvalue weighted by Crippen LogP contribution is 2.19. The molecule has 1 N–H and O–H groups in total. The summed E-state index contributed by atoms with van der Waals surface area (Å²) in [6.07, 6.45) is 2.61. The molecule has 0 bridgehead atoms. The Balaban J connectivity index is 1.82. The minimum Gasteiger partial charge on any atom is -0.467 e. The zero-order valence-electron chi connectivity index (χ0n) is 14.3. The Kier molecular flexibility index (Phi) is 4.56. The van der Waals surface area contributed by atoms with Crippen LogP contribution in [0.5, 0.6) is 0 Å². The Morgan fingerprint density at radius 3 is 2.71 bits per heavy atom. The van der Waals surface area contributed by atoms with Crippen molar-refractivity contribution in [3.63, 3.8) is 0 Å². The van der Waals surface area contributed by atoms with E-state index in [-0.39, 0.29) is 5.91 Å². The Morgan fingerprint density at radius 2 is 2.00 bits per heavy atom. The number of aryl methyl sites for hydroxylation is 2. The maximum Gasteiger partial charge on any atom is 0.257 e. The van der Waals surface area contributed by atoms with Gasteiger partial charge in [0.25, 0.3) is 5.91 Å². The lowest BCUT2D eigenvalue weighted by atomic mass is 10.1. The van der Waals surface area contributed by atoms with Crippen molar-refractivity contribution in [2.75, 3.05) is 5.32 Å². The molecule has 0 fully saturated rings. The van der Waals surface area contributed by atoms with Gasteiger partial charge in [0.15, 0.2) is 0 Å². The maximum absolute atomic E-state index is 12.7. The van der Waals surface area contributed by atoms with Crippen LogP contribution in [0.15, 0.2) is 53.1 Å². The monoisotopic (exact) mass is 322 g/mol. The fourth-order valence-corrected chi connectivity index (χ4v) is 2.90. The molecule has 1 amide bonds. The van der Waals surface area contributed by atoms with E-state index in [1.165, 1.54) is 5.56 Å². The summed E-state index contributed by atoms with van der Waals surface area (Å²) in [6, 6.07) is 13.7. The number of benzene rings is 1. The summed E-state index contributed by atoms with van der Waals surface area (Å²) in [5, 5.41) is 3.00. The summed E-state index contributed by atoms with van der Waals surface area (Å²) in [5.74, 6) is 0.793. The number of hydrogen-bond acceptors (Lipinski definition) is 2. The van der Waals surface area contributed by atoms with Crippen molar-refractivity contribution in [2.45, 2.75) is 33.7 Å². The number of nitrogens with zero attached hydrogens (tertiary/aromatic N) is 1. The van der Waals surface area contributed by atoms with Crippen LogP contribution >= 0.6 is 0 Å². The molecule has 3 aromatic rings. The summed E-state index contributed by atoms with van der Waals surface area (Å²) in [5.41, 5.74) is 4.71. The molecule has 2 aromatic heterocycles. The van der Waals surface area contributed by atoms with E-state index >= 15 is 0 Å². The van der Waals surface area contributed by atoms with E-state index in [2.05, 4.69) is 22.9 Å². The van der Waals surface area contributed by atoms with Gasteiger partial charge in [0, 0.05) is 17.1 Å². The van der Waals surface area contributed by atoms with Crippen molar-refractivity contribution >= 4 is 11.6 Å². The molecule has 0 aliphatic heterocycles. The van der Waals surface area contributed by atoms with Gasteiger partial charge in [-0.25, -0.2) is 0 Å². The molecule has 4 nitrogen and oxygen atoms in total. The zero-order valence-corrected chi connectivity index (χ0v) is 14.3. The van der Waals surface area contributed by atoms with Crippen LogP contribution in [-0.4, -0.2) is 10.5 Å². The van der Waals surface area contributed by atoms with Crippen LogP contribution < -0.4 is 5.32 Å². The molecule has 0 unspecified atom stereocenters. The molecule has 0 aliphatic carbocycles. The largest absolute Gasteiger partial charge is 0.467 e. The van der Waals surface area contributed by atoms with E-state index in [0.717, 1.165) is 29.3 Å². The van der Waals surface area contributed by atoms with Gasteiger partial charge >= 0.3 is 0 Å². The van der Waals surface area contributed by atoms with Gasteiger partial charge in [-0.05, 0) is 56.2 Å². The normalized spacial score (nSPS) is 10.8. The average Bonchev–Trinajstić information content (AvgIpc) is 3.18. The SMILES string of the molecule is CCc1cccc(NC(=O)c2cc(C)n(Cc3ccco3)c2C)c1. The van der Waals surface area contributed by atoms with Crippen molar-refractivity contribution in [3.05, 3.63) is 77.0 Å². The molecule has 0 saturated heterocycles. The van der Waals surface area contributed by atoms with Crippen LogP contribution in [0.3, 0.4) is 0 Å². The van der Waals surface area contributed by atoms with Crippen molar-refractivity contribution < 1.29 is 9.21 Å². The number of aromatic nitrogens is 1. The topological polar surface area (TPSA) is 47.2 Å². The van der Waals surface area contributed by atoms with Gasteiger partial charge in [0.2, 0.25) is 0 Å². The first-order chi connectivity index (χ1) is 11.6. The Labute approximate surface area is 142 Å². The summed E-state index contributed by atoms with van der Waals surface area (Å²) in [6.45, 7) is 6.70. The second-order valence-electron chi connectivity index (χ2n) is 5.96. The predicted octanol–water partition coefficient (Wildman–Crippen LogP) is 4.56. The molecule has 1 aromatic carbocycles.